The number of halogens is 3. The van der Waals surface area contributed by atoms with E-state index in [0.29, 0.717) is 4.90 Å². The number of carbonyl (C=O) groups excluding carboxylic acids is 2. The fourth-order valence-corrected chi connectivity index (χ4v) is 1.55. The van der Waals surface area contributed by atoms with Gasteiger partial charge in [0.05, 0.1) is 11.3 Å². The van der Waals surface area contributed by atoms with E-state index >= 15 is 0 Å². The second-order valence-corrected chi connectivity index (χ2v) is 3.36. The Hall–Kier alpha value is -2.11. The fraction of sp³-hybridized carbons (Fsp3) is 0.0909. The first kappa shape index (κ1) is 11.4. The minimum Gasteiger partial charge on any atom is -0.269 e. The largest absolute Gasteiger partial charge is 0.418 e. The Labute approximate surface area is 94.1 Å². The van der Waals surface area contributed by atoms with Gasteiger partial charge in [0.2, 0.25) is 0 Å². The summed E-state index contributed by atoms with van der Waals surface area (Å²) in [5.41, 5.74) is -1.45. The van der Waals surface area contributed by atoms with Gasteiger partial charge < -0.3 is 0 Å². The van der Waals surface area contributed by atoms with Crippen LogP contribution in [0.3, 0.4) is 0 Å². The molecule has 6 heteroatoms. The molecule has 0 bridgehead atoms. The van der Waals surface area contributed by atoms with Crippen LogP contribution in [0.4, 0.5) is 18.9 Å². The standard InChI is InChI=1S/C11H6F3NO2/c12-11(13,14)7-3-1-2-4-8(7)15-9(16)5-6-10(15)17/h1-6H. The van der Waals surface area contributed by atoms with Crippen LogP contribution < -0.4 is 4.90 Å². The molecule has 17 heavy (non-hydrogen) atoms. The second kappa shape index (κ2) is 3.73. The van der Waals surface area contributed by atoms with E-state index in [1.165, 1.54) is 12.1 Å². The van der Waals surface area contributed by atoms with Gasteiger partial charge in [-0.1, -0.05) is 12.1 Å². The Morgan fingerprint density at radius 1 is 0.941 bits per heavy atom. The van der Waals surface area contributed by atoms with Crippen LogP contribution in [-0.2, 0) is 15.8 Å². The Bertz CT molecular complexity index is 502. The highest BCUT2D eigenvalue weighted by molar-refractivity contribution is 6.28. The van der Waals surface area contributed by atoms with Crippen molar-refractivity contribution >= 4 is 17.5 Å². The van der Waals surface area contributed by atoms with Crippen LogP contribution in [-0.4, -0.2) is 11.8 Å². The Balaban J connectivity index is 2.53. The molecule has 1 aromatic rings. The molecule has 0 N–H and O–H groups in total. The molecular weight excluding hydrogens is 235 g/mol. The third-order valence-corrected chi connectivity index (χ3v) is 2.26. The van der Waals surface area contributed by atoms with E-state index < -0.39 is 29.2 Å². The molecule has 0 aromatic heterocycles. The fourth-order valence-electron chi connectivity index (χ4n) is 1.55. The van der Waals surface area contributed by atoms with Crippen molar-refractivity contribution in [3.8, 4) is 0 Å². The van der Waals surface area contributed by atoms with Gasteiger partial charge in [-0.15, -0.1) is 0 Å². The first-order chi connectivity index (χ1) is 7.91. The minimum atomic E-state index is -4.61. The number of imide groups is 1. The van der Waals surface area contributed by atoms with E-state index in [-0.39, 0.29) is 0 Å². The van der Waals surface area contributed by atoms with E-state index in [2.05, 4.69) is 0 Å². The predicted molar refractivity (Wildman–Crippen MR) is 53.1 cm³/mol. The molecule has 1 aromatic carbocycles. The van der Waals surface area contributed by atoms with E-state index in [1.54, 1.807) is 0 Å². The van der Waals surface area contributed by atoms with Crippen molar-refractivity contribution in [3.63, 3.8) is 0 Å². The van der Waals surface area contributed by atoms with E-state index in [9.17, 15) is 22.8 Å². The monoisotopic (exact) mass is 241 g/mol. The first-order valence-electron chi connectivity index (χ1n) is 4.63. The molecule has 2 rings (SSSR count). The SMILES string of the molecule is O=C1C=CC(=O)N1c1ccccc1C(F)(F)F. The Kier molecular flexibility index (Phi) is 2.49. The number of rotatable bonds is 1. The lowest BCUT2D eigenvalue weighted by molar-refractivity contribution is -0.137. The zero-order valence-electron chi connectivity index (χ0n) is 8.36. The molecular formula is C11H6F3NO2. The zero-order valence-corrected chi connectivity index (χ0v) is 8.36. The average Bonchev–Trinajstić information content (AvgIpc) is 2.57. The molecule has 0 radical (unpaired) electrons. The Morgan fingerprint density at radius 2 is 1.47 bits per heavy atom. The molecule has 0 aliphatic carbocycles. The molecule has 1 aliphatic heterocycles. The molecule has 1 heterocycles. The van der Waals surface area contributed by atoms with Crippen LogP contribution >= 0.6 is 0 Å². The van der Waals surface area contributed by atoms with Crippen molar-refractivity contribution in [2.24, 2.45) is 0 Å². The number of benzene rings is 1. The van der Waals surface area contributed by atoms with Gasteiger partial charge in [-0.25, -0.2) is 4.90 Å². The number of hydrogen-bond donors (Lipinski definition) is 0. The zero-order chi connectivity index (χ0) is 12.6. The predicted octanol–water partition coefficient (Wildman–Crippen LogP) is 2.13. The normalized spacial score (nSPS) is 15.8. The Morgan fingerprint density at radius 3 is 2.00 bits per heavy atom. The van der Waals surface area contributed by atoms with E-state index in [0.717, 1.165) is 24.3 Å². The van der Waals surface area contributed by atoms with E-state index in [4.69, 9.17) is 0 Å². The summed E-state index contributed by atoms with van der Waals surface area (Å²) in [6.45, 7) is 0. The molecule has 3 nitrogen and oxygen atoms in total. The van der Waals surface area contributed by atoms with Crippen LogP contribution in [0, 0.1) is 0 Å². The van der Waals surface area contributed by atoms with Crippen LogP contribution in [0.1, 0.15) is 5.56 Å². The van der Waals surface area contributed by atoms with Crippen molar-refractivity contribution in [3.05, 3.63) is 42.0 Å². The third-order valence-electron chi connectivity index (χ3n) is 2.26. The summed E-state index contributed by atoms with van der Waals surface area (Å²) < 4.78 is 38.1. The molecule has 0 unspecified atom stereocenters. The first-order valence-corrected chi connectivity index (χ1v) is 4.63. The highest BCUT2D eigenvalue weighted by Crippen LogP contribution is 2.37. The van der Waals surface area contributed by atoms with Crippen molar-refractivity contribution in [1.82, 2.24) is 0 Å². The van der Waals surface area contributed by atoms with Crippen LogP contribution in [0.2, 0.25) is 0 Å². The summed E-state index contributed by atoms with van der Waals surface area (Å²) in [7, 11) is 0. The summed E-state index contributed by atoms with van der Waals surface area (Å²) in [5.74, 6) is -1.54. The summed E-state index contributed by atoms with van der Waals surface area (Å²) in [6, 6.07) is 4.45. The van der Waals surface area contributed by atoms with Gasteiger partial charge in [0.1, 0.15) is 0 Å². The average molecular weight is 241 g/mol. The number of amides is 2. The van der Waals surface area contributed by atoms with Crippen molar-refractivity contribution in [1.29, 1.82) is 0 Å². The molecule has 0 saturated heterocycles. The van der Waals surface area contributed by atoms with E-state index in [1.807, 2.05) is 0 Å². The van der Waals surface area contributed by atoms with Crippen LogP contribution in [0.15, 0.2) is 36.4 Å². The minimum absolute atomic E-state index is 0.444. The molecule has 0 atom stereocenters. The summed E-state index contributed by atoms with van der Waals surface area (Å²) in [5, 5.41) is 0. The molecule has 0 fully saturated rings. The molecule has 1 aliphatic rings. The maximum absolute atomic E-state index is 12.7. The van der Waals surface area contributed by atoms with Gasteiger partial charge in [0, 0.05) is 12.2 Å². The van der Waals surface area contributed by atoms with Crippen LogP contribution in [0.25, 0.3) is 0 Å². The van der Waals surface area contributed by atoms with Crippen LogP contribution in [0.5, 0.6) is 0 Å². The van der Waals surface area contributed by atoms with Gasteiger partial charge in [-0.3, -0.25) is 9.59 Å². The third kappa shape index (κ3) is 1.93. The van der Waals surface area contributed by atoms with Gasteiger partial charge in [0.25, 0.3) is 11.8 Å². The highest BCUT2D eigenvalue weighted by atomic mass is 19.4. The number of alkyl halides is 3. The number of para-hydroxylation sites is 1. The molecule has 0 spiro atoms. The highest BCUT2D eigenvalue weighted by Gasteiger charge is 2.37. The topological polar surface area (TPSA) is 37.4 Å². The quantitative estimate of drug-likeness (QED) is 0.706. The lowest BCUT2D eigenvalue weighted by Crippen LogP contribution is -2.31. The molecule has 88 valence electrons. The lowest BCUT2D eigenvalue weighted by Gasteiger charge is -2.19. The summed E-state index contributed by atoms with van der Waals surface area (Å²) in [4.78, 5) is 23.1. The van der Waals surface area contributed by atoms with Gasteiger partial charge >= 0.3 is 6.18 Å². The number of nitrogens with zero attached hydrogens (tertiary/aromatic N) is 1. The summed E-state index contributed by atoms with van der Waals surface area (Å²) in [6.07, 6.45) is -2.73. The smallest absolute Gasteiger partial charge is 0.269 e. The van der Waals surface area contributed by atoms with Gasteiger partial charge in [-0.05, 0) is 12.1 Å². The number of anilines is 1. The van der Waals surface area contributed by atoms with Crippen molar-refractivity contribution in [2.45, 2.75) is 6.18 Å². The van der Waals surface area contributed by atoms with Gasteiger partial charge in [0.15, 0.2) is 0 Å². The van der Waals surface area contributed by atoms with Crippen molar-refractivity contribution in [2.75, 3.05) is 4.90 Å². The lowest BCUT2D eigenvalue weighted by atomic mass is 10.1. The molecule has 0 saturated carbocycles. The maximum atomic E-state index is 12.7. The number of carbonyl (C=O) groups is 2. The van der Waals surface area contributed by atoms with Gasteiger partial charge in [-0.2, -0.15) is 13.2 Å². The second-order valence-electron chi connectivity index (χ2n) is 3.36. The molecule has 2 amide bonds. The maximum Gasteiger partial charge on any atom is 0.418 e. The number of hydrogen-bond acceptors (Lipinski definition) is 2. The van der Waals surface area contributed by atoms with Crippen molar-refractivity contribution < 1.29 is 22.8 Å². The summed E-state index contributed by atoms with van der Waals surface area (Å²) >= 11 is 0.